The third-order valence-electron chi connectivity index (χ3n) is 3.74. The molecule has 0 saturated carbocycles. The molecule has 1 fully saturated rings. The van der Waals surface area contributed by atoms with Crippen LogP contribution in [0.5, 0.6) is 0 Å². The summed E-state index contributed by atoms with van der Waals surface area (Å²) in [4.78, 5) is 35.6. The molecule has 1 atom stereocenters. The number of likely N-dealkylation sites (tertiary alicyclic amines) is 1. The van der Waals surface area contributed by atoms with E-state index in [-0.39, 0.29) is 18.8 Å². The van der Waals surface area contributed by atoms with Gasteiger partial charge in [-0.25, -0.2) is 4.57 Å². The van der Waals surface area contributed by atoms with Crippen molar-refractivity contribution >= 4 is 15.4 Å². The molecule has 0 amide bonds. The lowest BCUT2D eigenvalue weighted by Gasteiger charge is -2.37. The van der Waals surface area contributed by atoms with Crippen molar-refractivity contribution in [1.29, 1.82) is 0 Å². The van der Waals surface area contributed by atoms with E-state index in [2.05, 4.69) is 18.6 Å². The molecule has 1 unspecified atom stereocenters. The summed E-state index contributed by atoms with van der Waals surface area (Å²) in [6, 6.07) is 0. The molecule has 0 aromatic heterocycles. The molecule has 0 spiro atoms. The molecule has 11 heteroatoms. The highest BCUT2D eigenvalue weighted by Gasteiger charge is 2.36. The van der Waals surface area contributed by atoms with Gasteiger partial charge >= 0.3 is 15.4 Å². The first-order chi connectivity index (χ1) is 8.89. The summed E-state index contributed by atoms with van der Waals surface area (Å²) >= 11 is 0. The minimum Gasteiger partial charge on any atom is -1.00 e. The Morgan fingerprint density at radius 3 is 2.00 bits per heavy atom. The largest absolute Gasteiger partial charge is 1.00 e. The van der Waals surface area contributed by atoms with E-state index in [1.165, 1.54) is 0 Å². The van der Waals surface area contributed by atoms with Gasteiger partial charge in [0.05, 0.1) is 27.2 Å². The van der Waals surface area contributed by atoms with Crippen LogP contribution in [0.3, 0.4) is 0 Å². The Morgan fingerprint density at radius 1 is 1.14 bits per heavy atom. The second kappa shape index (κ2) is 7.86. The third kappa shape index (κ3) is 8.65. The van der Waals surface area contributed by atoms with Gasteiger partial charge in [0.25, 0.3) is 0 Å². The quantitative estimate of drug-likeness (QED) is 0.312. The zero-order valence-electron chi connectivity index (χ0n) is 12.1. The maximum absolute atomic E-state index is 11.2. The van der Waals surface area contributed by atoms with Crippen molar-refractivity contribution in [2.75, 3.05) is 27.2 Å². The molecule has 0 aromatic rings. The number of piperidine rings is 1. The zero-order chi connectivity index (χ0) is 15.6. The van der Waals surface area contributed by atoms with E-state index in [0.29, 0.717) is 12.3 Å². The number of hydrogen-bond donors (Lipinski definition) is 4. The average Bonchev–Trinajstić information content (AvgIpc) is 2.22. The van der Waals surface area contributed by atoms with Crippen molar-refractivity contribution in [2.45, 2.75) is 31.5 Å². The van der Waals surface area contributed by atoms with Gasteiger partial charge < -0.3 is 36.5 Å². The van der Waals surface area contributed by atoms with Gasteiger partial charge in [0.1, 0.15) is 0 Å². The Balaban J connectivity index is 0.00000400. The van der Waals surface area contributed by atoms with Crippen molar-refractivity contribution in [3.63, 3.8) is 0 Å². The maximum atomic E-state index is 11.2. The molecule has 0 aromatic carbocycles. The van der Waals surface area contributed by atoms with E-state index in [0.717, 1.165) is 30.4 Å². The monoisotopic (exact) mass is 367 g/mol. The summed E-state index contributed by atoms with van der Waals surface area (Å²) in [6.07, 6.45) is 2.33. The predicted molar refractivity (Wildman–Crippen MR) is 72.8 cm³/mol. The highest BCUT2D eigenvalue weighted by Crippen LogP contribution is 2.52. The first-order valence-corrected chi connectivity index (χ1v) is 9.71. The fraction of sp³-hybridized carbons (Fsp3) is 1.00. The molecule has 128 valence electrons. The van der Waals surface area contributed by atoms with E-state index in [9.17, 15) is 9.13 Å². The summed E-state index contributed by atoms with van der Waals surface area (Å²) in [5.41, 5.74) is 0. The van der Waals surface area contributed by atoms with Crippen molar-refractivity contribution < 1.29 is 50.1 Å². The fourth-order valence-corrected chi connectivity index (χ4v) is 4.20. The topological polar surface area (TPSA) is 124 Å². The lowest BCUT2D eigenvalue weighted by Crippen LogP contribution is -3.00. The molecule has 1 aliphatic heterocycles. The number of rotatable bonds is 6. The number of nitrogens with zero attached hydrogens (tertiary/aromatic N) is 1. The van der Waals surface area contributed by atoms with Crippen LogP contribution < -0.4 is 12.4 Å². The summed E-state index contributed by atoms with van der Waals surface area (Å²) in [5, 5.41) is 0. The van der Waals surface area contributed by atoms with E-state index in [1.54, 1.807) is 0 Å². The smallest absolute Gasteiger partial charge is 0.470 e. The summed E-state index contributed by atoms with van der Waals surface area (Å²) < 4.78 is 27.1. The maximum Gasteiger partial charge on any atom is 0.470 e. The standard InChI is InChI=1S/C10H23NO7P2.ClH/c1-11(2)7-5-9(6-8-11)3-4-10(19(12,13)14)18-20(15,16)17;/h9-10H,3-8H2,1-2H3,(H3-,12,13,14,15,16,17);1H. The zero-order valence-corrected chi connectivity index (χ0v) is 14.7. The molecule has 1 heterocycles. The number of hydrogen-bond acceptors (Lipinski definition) is 3. The Labute approximate surface area is 130 Å². The highest BCUT2D eigenvalue weighted by molar-refractivity contribution is 7.53. The van der Waals surface area contributed by atoms with Crippen LogP contribution in [-0.2, 0) is 13.7 Å². The first-order valence-electron chi connectivity index (χ1n) is 6.50. The third-order valence-corrected chi connectivity index (χ3v) is 5.55. The molecule has 8 nitrogen and oxygen atoms in total. The van der Waals surface area contributed by atoms with Crippen LogP contribution in [0, 0.1) is 5.92 Å². The number of phosphoric acid groups is 1. The second-order valence-corrected chi connectivity index (χ2v) is 8.99. The summed E-state index contributed by atoms with van der Waals surface area (Å²) in [6.45, 7) is 1.98. The van der Waals surface area contributed by atoms with Gasteiger partial charge in [-0.15, -0.1) is 0 Å². The molecule has 21 heavy (non-hydrogen) atoms. The predicted octanol–water partition coefficient (Wildman–Crippen LogP) is -2.13. The lowest BCUT2D eigenvalue weighted by atomic mass is 9.91. The molecular formula is C10H24ClNO7P2. The fourth-order valence-electron chi connectivity index (χ4n) is 2.43. The van der Waals surface area contributed by atoms with Crippen LogP contribution in [0.25, 0.3) is 0 Å². The van der Waals surface area contributed by atoms with Gasteiger partial charge in [-0.05, 0) is 31.6 Å². The number of phosphoric ester groups is 1. The Hall–Kier alpha value is 0.510. The van der Waals surface area contributed by atoms with Gasteiger partial charge in [-0.2, -0.15) is 0 Å². The van der Waals surface area contributed by atoms with E-state index < -0.39 is 21.3 Å². The molecule has 0 bridgehead atoms. The summed E-state index contributed by atoms with van der Waals surface area (Å²) in [7, 11) is -5.33. The molecule has 1 rings (SSSR count). The van der Waals surface area contributed by atoms with Gasteiger partial charge in [-0.1, -0.05) is 0 Å². The van der Waals surface area contributed by atoms with Crippen LogP contribution >= 0.6 is 15.4 Å². The highest BCUT2D eigenvalue weighted by atomic mass is 35.5. The van der Waals surface area contributed by atoms with E-state index in [1.807, 2.05) is 0 Å². The molecule has 1 aliphatic rings. The minimum atomic E-state index is -4.90. The normalized spacial score (nSPS) is 21.6. The van der Waals surface area contributed by atoms with E-state index >= 15 is 0 Å². The van der Waals surface area contributed by atoms with Crippen molar-refractivity contribution in [1.82, 2.24) is 0 Å². The number of halogens is 1. The molecule has 0 aliphatic carbocycles. The molecule has 4 N–H and O–H groups in total. The Kier molecular flexibility index (Phi) is 8.05. The lowest BCUT2D eigenvalue weighted by molar-refractivity contribution is -0.896. The molecular weight excluding hydrogens is 344 g/mol. The summed E-state index contributed by atoms with van der Waals surface area (Å²) in [5.74, 6) is -1.41. The molecule has 0 radical (unpaired) electrons. The van der Waals surface area contributed by atoms with Gasteiger partial charge in [0, 0.05) is 0 Å². The van der Waals surface area contributed by atoms with Crippen molar-refractivity contribution in [2.24, 2.45) is 5.92 Å². The van der Waals surface area contributed by atoms with Crippen LogP contribution in [0.4, 0.5) is 0 Å². The van der Waals surface area contributed by atoms with Crippen molar-refractivity contribution in [3.8, 4) is 0 Å². The second-order valence-electron chi connectivity index (χ2n) is 6.04. The van der Waals surface area contributed by atoms with Crippen molar-refractivity contribution in [3.05, 3.63) is 0 Å². The average molecular weight is 368 g/mol. The SMILES string of the molecule is C[N+]1(C)CCC(CCC(OP(=O)(O)O)P(=O)(O)O)CC1.[Cl-]. The first kappa shape index (κ1) is 21.5. The van der Waals surface area contributed by atoms with Gasteiger partial charge in [-0.3, -0.25) is 9.09 Å². The number of quaternary nitrogens is 1. The van der Waals surface area contributed by atoms with Crippen LogP contribution in [0.2, 0.25) is 0 Å². The van der Waals surface area contributed by atoms with Gasteiger partial charge in [0.2, 0.25) is 0 Å². The van der Waals surface area contributed by atoms with Gasteiger partial charge in [0.15, 0.2) is 5.85 Å². The Bertz CT molecular complexity index is 412. The minimum absolute atomic E-state index is 0. The van der Waals surface area contributed by atoms with Crippen LogP contribution in [0.15, 0.2) is 0 Å². The molecule has 1 saturated heterocycles. The van der Waals surface area contributed by atoms with Crippen LogP contribution in [0.1, 0.15) is 25.7 Å². The Morgan fingerprint density at radius 2 is 1.62 bits per heavy atom. The van der Waals surface area contributed by atoms with E-state index in [4.69, 9.17) is 19.6 Å². The van der Waals surface area contributed by atoms with Crippen LogP contribution in [-0.4, -0.2) is 57.1 Å².